The van der Waals surface area contributed by atoms with Crippen molar-refractivity contribution in [1.82, 2.24) is 9.38 Å². The summed E-state index contributed by atoms with van der Waals surface area (Å²) in [4.78, 5) is 29.7. The number of fused-ring (bicyclic) bond motifs is 1. The van der Waals surface area contributed by atoms with E-state index in [4.69, 9.17) is 5.11 Å². The molecule has 0 saturated carbocycles. The predicted octanol–water partition coefficient (Wildman–Crippen LogP) is 3.97. The first kappa shape index (κ1) is 17.1. The molecule has 3 aromatic heterocycles. The minimum Gasteiger partial charge on any atom is -0.478 e. The van der Waals surface area contributed by atoms with Gasteiger partial charge in [-0.2, -0.15) is 0 Å². The summed E-state index contributed by atoms with van der Waals surface area (Å²) < 4.78 is 1.33. The standard InChI is InChI=1S/C19H18N2O3S/c1-2-3-6-15-16(9-8-14-5-4-11-25-14)20-17-10-7-13(19(23)24)12-21(17)18(15)22/h4-5,7-12H,2-3,6H2,1H3,(H,23,24)/b9-8+. The molecule has 128 valence electrons. The lowest BCUT2D eigenvalue weighted by Gasteiger charge is -2.09. The van der Waals surface area contributed by atoms with E-state index in [-0.39, 0.29) is 11.1 Å². The number of nitrogens with zero attached hydrogens (tertiary/aromatic N) is 2. The summed E-state index contributed by atoms with van der Waals surface area (Å²) >= 11 is 1.62. The van der Waals surface area contributed by atoms with Gasteiger partial charge in [0.05, 0.1) is 11.3 Å². The zero-order chi connectivity index (χ0) is 17.8. The molecule has 0 aliphatic carbocycles. The van der Waals surface area contributed by atoms with Crippen LogP contribution >= 0.6 is 11.3 Å². The van der Waals surface area contributed by atoms with Crippen LogP contribution in [-0.4, -0.2) is 20.5 Å². The average Bonchev–Trinajstić information content (AvgIpc) is 3.12. The van der Waals surface area contributed by atoms with E-state index >= 15 is 0 Å². The summed E-state index contributed by atoms with van der Waals surface area (Å²) in [7, 11) is 0. The van der Waals surface area contributed by atoms with Gasteiger partial charge in [0.1, 0.15) is 5.65 Å². The normalized spacial score (nSPS) is 11.4. The van der Waals surface area contributed by atoms with E-state index in [2.05, 4.69) is 11.9 Å². The zero-order valence-corrected chi connectivity index (χ0v) is 14.6. The van der Waals surface area contributed by atoms with Crippen molar-refractivity contribution in [3.63, 3.8) is 0 Å². The highest BCUT2D eigenvalue weighted by Gasteiger charge is 2.12. The smallest absolute Gasteiger partial charge is 0.337 e. The van der Waals surface area contributed by atoms with E-state index in [0.717, 1.165) is 17.7 Å². The number of carboxylic acids is 1. The average molecular weight is 354 g/mol. The van der Waals surface area contributed by atoms with Crippen molar-refractivity contribution in [2.24, 2.45) is 0 Å². The maximum atomic E-state index is 12.9. The third kappa shape index (κ3) is 3.69. The van der Waals surface area contributed by atoms with Crippen LogP contribution in [-0.2, 0) is 6.42 Å². The van der Waals surface area contributed by atoms with Crippen molar-refractivity contribution in [2.75, 3.05) is 0 Å². The molecule has 1 N–H and O–H groups in total. The second kappa shape index (κ2) is 7.44. The van der Waals surface area contributed by atoms with Crippen molar-refractivity contribution in [3.05, 3.63) is 67.9 Å². The van der Waals surface area contributed by atoms with Gasteiger partial charge in [-0.25, -0.2) is 9.78 Å². The first-order chi connectivity index (χ1) is 12.1. The number of carboxylic acid groups (broad SMARTS) is 1. The zero-order valence-electron chi connectivity index (χ0n) is 13.8. The summed E-state index contributed by atoms with van der Waals surface area (Å²) in [6, 6.07) is 7.00. The van der Waals surface area contributed by atoms with Gasteiger partial charge < -0.3 is 5.11 Å². The van der Waals surface area contributed by atoms with Gasteiger partial charge in [-0.3, -0.25) is 9.20 Å². The van der Waals surface area contributed by atoms with Crippen molar-refractivity contribution in [1.29, 1.82) is 0 Å². The summed E-state index contributed by atoms with van der Waals surface area (Å²) in [5.74, 6) is -1.06. The van der Waals surface area contributed by atoms with Crippen LogP contribution in [0.5, 0.6) is 0 Å². The number of aromatic carboxylic acids is 1. The molecule has 3 aromatic rings. The van der Waals surface area contributed by atoms with Gasteiger partial charge in [-0.15, -0.1) is 11.3 Å². The minimum absolute atomic E-state index is 0.0692. The van der Waals surface area contributed by atoms with Crippen LogP contribution in [0.25, 0.3) is 17.8 Å². The number of unbranched alkanes of at least 4 members (excludes halogenated alkanes) is 1. The second-order valence-electron chi connectivity index (χ2n) is 5.68. The lowest BCUT2D eigenvalue weighted by molar-refractivity contribution is 0.0696. The lowest BCUT2D eigenvalue weighted by Crippen LogP contribution is -2.22. The molecular formula is C19H18N2O3S. The van der Waals surface area contributed by atoms with E-state index in [1.807, 2.05) is 29.7 Å². The molecule has 3 heterocycles. The van der Waals surface area contributed by atoms with E-state index in [9.17, 15) is 9.59 Å². The van der Waals surface area contributed by atoms with E-state index in [1.165, 1.54) is 16.7 Å². The molecule has 0 radical (unpaired) electrons. The molecule has 0 aliphatic rings. The van der Waals surface area contributed by atoms with Crippen LogP contribution in [0.15, 0.2) is 40.6 Å². The Bertz CT molecular complexity index is 988. The van der Waals surface area contributed by atoms with Gasteiger partial charge in [0.25, 0.3) is 5.56 Å². The van der Waals surface area contributed by atoms with Gasteiger partial charge in [0.2, 0.25) is 0 Å². The fourth-order valence-electron chi connectivity index (χ4n) is 2.59. The van der Waals surface area contributed by atoms with E-state index < -0.39 is 5.97 Å². The highest BCUT2D eigenvalue weighted by atomic mass is 32.1. The SMILES string of the molecule is CCCCc1c(/C=C/c2cccs2)nc2ccc(C(=O)O)cn2c1=O. The topological polar surface area (TPSA) is 71.7 Å². The molecule has 0 aliphatic heterocycles. The Morgan fingerprint density at radius 2 is 2.16 bits per heavy atom. The van der Waals surface area contributed by atoms with Gasteiger partial charge in [0.15, 0.2) is 0 Å². The summed E-state index contributed by atoms with van der Waals surface area (Å²) in [6.45, 7) is 2.07. The summed E-state index contributed by atoms with van der Waals surface area (Å²) in [6.07, 6.45) is 7.61. The Labute approximate surface area is 148 Å². The number of thiophene rings is 1. The summed E-state index contributed by atoms with van der Waals surface area (Å²) in [5.41, 5.74) is 1.58. The maximum Gasteiger partial charge on any atom is 0.337 e. The summed E-state index contributed by atoms with van der Waals surface area (Å²) in [5, 5.41) is 11.1. The number of hydrogen-bond acceptors (Lipinski definition) is 4. The van der Waals surface area contributed by atoms with E-state index in [0.29, 0.717) is 23.3 Å². The third-order valence-electron chi connectivity index (χ3n) is 3.92. The third-order valence-corrected chi connectivity index (χ3v) is 4.76. The highest BCUT2D eigenvalue weighted by Crippen LogP contribution is 2.16. The molecule has 0 spiro atoms. The Morgan fingerprint density at radius 3 is 2.84 bits per heavy atom. The van der Waals surface area contributed by atoms with Gasteiger partial charge in [-0.1, -0.05) is 19.4 Å². The van der Waals surface area contributed by atoms with Crippen LogP contribution in [0.3, 0.4) is 0 Å². The molecule has 0 bridgehead atoms. The van der Waals surface area contributed by atoms with Gasteiger partial charge in [-0.05, 0) is 48.6 Å². The highest BCUT2D eigenvalue weighted by molar-refractivity contribution is 7.10. The fraction of sp³-hybridized carbons (Fsp3) is 0.211. The van der Waals surface area contributed by atoms with Crippen molar-refractivity contribution >= 4 is 35.1 Å². The molecule has 0 saturated heterocycles. The fourth-order valence-corrected chi connectivity index (χ4v) is 3.21. The van der Waals surface area contributed by atoms with Crippen LogP contribution < -0.4 is 5.56 Å². The Kier molecular flexibility index (Phi) is 5.09. The van der Waals surface area contributed by atoms with Crippen LogP contribution in [0.2, 0.25) is 0 Å². The van der Waals surface area contributed by atoms with Crippen LogP contribution in [0, 0.1) is 0 Å². The second-order valence-corrected chi connectivity index (χ2v) is 6.66. The van der Waals surface area contributed by atoms with E-state index in [1.54, 1.807) is 17.4 Å². The predicted molar refractivity (Wildman–Crippen MR) is 100 cm³/mol. The number of hydrogen-bond donors (Lipinski definition) is 1. The number of aromatic nitrogens is 2. The quantitative estimate of drug-likeness (QED) is 0.727. The number of carbonyl (C=O) groups is 1. The molecule has 0 aromatic carbocycles. The molecule has 0 atom stereocenters. The Hall–Kier alpha value is -2.73. The molecule has 0 amide bonds. The monoisotopic (exact) mass is 354 g/mol. The van der Waals surface area contributed by atoms with Crippen LogP contribution in [0.4, 0.5) is 0 Å². The molecular weight excluding hydrogens is 336 g/mol. The number of pyridine rings is 1. The number of rotatable bonds is 6. The van der Waals surface area contributed by atoms with Crippen LogP contribution in [0.1, 0.15) is 46.3 Å². The van der Waals surface area contributed by atoms with Gasteiger partial charge >= 0.3 is 5.97 Å². The minimum atomic E-state index is -1.06. The molecule has 6 heteroatoms. The molecule has 0 fully saturated rings. The van der Waals surface area contributed by atoms with Crippen molar-refractivity contribution in [3.8, 4) is 0 Å². The van der Waals surface area contributed by atoms with Crippen molar-refractivity contribution < 1.29 is 9.90 Å². The molecule has 25 heavy (non-hydrogen) atoms. The first-order valence-electron chi connectivity index (χ1n) is 8.10. The molecule has 0 unspecified atom stereocenters. The van der Waals surface area contributed by atoms with Gasteiger partial charge in [0, 0.05) is 16.6 Å². The lowest BCUT2D eigenvalue weighted by atomic mass is 10.1. The molecule has 5 nitrogen and oxygen atoms in total. The largest absolute Gasteiger partial charge is 0.478 e. The van der Waals surface area contributed by atoms with Crippen molar-refractivity contribution in [2.45, 2.75) is 26.2 Å². The first-order valence-corrected chi connectivity index (χ1v) is 8.98. The molecule has 3 rings (SSSR count). The maximum absolute atomic E-state index is 12.9. The Morgan fingerprint density at radius 1 is 1.32 bits per heavy atom. The Balaban J connectivity index is 2.15.